The van der Waals surface area contributed by atoms with Crippen LogP contribution >= 0.6 is 0 Å². The molecule has 0 bridgehead atoms. The van der Waals surface area contributed by atoms with Crippen LogP contribution in [0.15, 0.2) is 18.5 Å². The molecular formula is C15H26N2. The van der Waals surface area contributed by atoms with Crippen LogP contribution < -0.4 is 5.32 Å². The highest BCUT2D eigenvalue weighted by molar-refractivity contribution is 5.09. The number of nitrogens with one attached hydrogen (secondary N) is 1. The van der Waals surface area contributed by atoms with E-state index in [4.69, 9.17) is 0 Å². The van der Waals surface area contributed by atoms with Gasteiger partial charge < -0.3 is 9.88 Å². The Morgan fingerprint density at radius 2 is 1.94 bits per heavy atom. The molecule has 2 nitrogen and oxygen atoms in total. The van der Waals surface area contributed by atoms with Gasteiger partial charge in [-0.1, -0.05) is 26.2 Å². The van der Waals surface area contributed by atoms with Crippen LogP contribution in [0.2, 0.25) is 0 Å². The van der Waals surface area contributed by atoms with Crippen LogP contribution in [0.4, 0.5) is 0 Å². The Kier molecular flexibility index (Phi) is 4.66. The summed E-state index contributed by atoms with van der Waals surface area (Å²) in [5.41, 5.74) is 1.40. The molecule has 1 saturated carbocycles. The molecule has 1 aliphatic rings. The number of aryl methyl sites for hydroxylation is 1. The third kappa shape index (κ3) is 3.88. The average molecular weight is 234 g/mol. The first-order chi connectivity index (χ1) is 8.28. The van der Waals surface area contributed by atoms with E-state index in [1.54, 1.807) is 0 Å². The van der Waals surface area contributed by atoms with Gasteiger partial charge in [0, 0.05) is 26.0 Å². The van der Waals surface area contributed by atoms with E-state index in [2.05, 4.69) is 42.3 Å². The Bertz CT molecular complexity index is 321. The summed E-state index contributed by atoms with van der Waals surface area (Å²) in [6, 6.07) is 2.20. The third-order valence-corrected chi connectivity index (χ3v) is 4.20. The Balaban J connectivity index is 1.63. The van der Waals surface area contributed by atoms with E-state index in [1.807, 2.05) is 0 Å². The van der Waals surface area contributed by atoms with Gasteiger partial charge >= 0.3 is 0 Å². The molecule has 96 valence electrons. The van der Waals surface area contributed by atoms with E-state index in [9.17, 15) is 0 Å². The van der Waals surface area contributed by atoms with Crippen molar-refractivity contribution in [1.82, 2.24) is 9.88 Å². The van der Waals surface area contributed by atoms with Gasteiger partial charge in [-0.15, -0.1) is 0 Å². The van der Waals surface area contributed by atoms with Gasteiger partial charge in [0.1, 0.15) is 0 Å². The Labute approximate surface area is 105 Å². The molecule has 2 heteroatoms. The van der Waals surface area contributed by atoms with Crippen LogP contribution in [0.5, 0.6) is 0 Å². The minimum absolute atomic E-state index is 0.918. The first-order valence-corrected chi connectivity index (χ1v) is 7.09. The van der Waals surface area contributed by atoms with Crippen LogP contribution in [0.1, 0.15) is 44.6 Å². The van der Waals surface area contributed by atoms with Crippen LogP contribution in [0, 0.1) is 11.8 Å². The molecule has 0 atom stereocenters. The average Bonchev–Trinajstić information content (AvgIpc) is 2.76. The molecule has 0 radical (unpaired) electrons. The summed E-state index contributed by atoms with van der Waals surface area (Å²) < 4.78 is 2.11. The molecule has 1 heterocycles. The zero-order valence-electron chi connectivity index (χ0n) is 11.3. The first-order valence-electron chi connectivity index (χ1n) is 7.09. The van der Waals surface area contributed by atoms with Gasteiger partial charge in [-0.3, -0.25) is 0 Å². The molecule has 1 fully saturated rings. The lowest BCUT2D eigenvalue weighted by Gasteiger charge is -2.27. The van der Waals surface area contributed by atoms with E-state index < -0.39 is 0 Å². The number of hydrogen-bond donors (Lipinski definition) is 1. The molecule has 1 aromatic rings. The number of nitrogens with zero attached hydrogens (tertiary/aromatic N) is 1. The summed E-state index contributed by atoms with van der Waals surface area (Å²) in [6.07, 6.45) is 11.5. The lowest BCUT2D eigenvalue weighted by molar-refractivity contribution is 0.262. The fourth-order valence-electron chi connectivity index (χ4n) is 2.93. The SMILES string of the molecule is CCC1CCC(CNCc2ccn(C)c2)CC1. The minimum Gasteiger partial charge on any atom is -0.357 e. The van der Waals surface area contributed by atoms with Gasteiger partial charge in [-0.2, -0.15) is 0 Å². The van der Waals surface area contributed by atoms with Crippen molar-refractivity contribution < 1.29 is 0 Å². The fourth-order valence-corrected chi connectivity index (χ4v) is 2.93. The van der Waals surface area contributed by atoms with E-state index in [0.717, 1.165) is 18.4 Å². The van der Waals surface area contributed by atoms with Crippen LogP contribution in [0.3, 0.4) is 0 Å². The Morgan fingerprint density at radius 3 is 2.53 bits per heavy atom. The van der Waals surface area contributed by atoms with Gasteiger partial charge in [-0.25, -0.2) is 0 Å². The smallest absolute Gasteiger partial charge is 0.0220 e. The highest BCUT2D eigenvalue weighted by Crippen LogP contribution is 2.30. The fraction of sp³-hybridized carbons (Fsp3) is 0.733. The van der Waals surface area contributed by atoms with Gasteiger partial charge in [0.05, 0.1) is 0 Å². The van der Waals surface area contributed by atoms with E-state index in [-0.39, 0.29) is 0 Å². The van der Waals surface area contributed by atoms with Crippen LogP contribution in [-0.4, -0.2) is 11.1 Å². The van der Waals surface area contributed by atoms with E-state index in [1.165, 1.54) is 44.2 Å². The van der Waals surface area contributed by atoms with E-state index in [0.29, 0.717) is 0 Å². The molecule has 0 saturated heterocycles. The van der Waals surface area contributed by atoms with Crippen molar-refractivity contribution in [2.45, 2.75) is 45.6 Å². The molecule has 2 rings (SSSR count). The molecule has 1 aliphatic carbocycles. The number of aromatic nitrogens is 1. The monoisotopic (exact) mass is 234 g/mol. The predicted octanol–water partition coefficient (Wildman–Crippen LogP) is 3.33. The van der Waals surface area contributed by atoms with Crippen molar-refractivity contribution >= 4 is 0 Å². The molecule has 0 unspecified atom stereocenters. The zero-order valence-corrected chi connectivity index (χ0v) is 11.3. The molecule has 1 aromatic heterocycles. The Hall–Kier alpha value is -0.760. The summed E-state index contributed by atoms with van der Waals surface area (Å²) in [6.45, 7) is 4.55. The van der Waals surface area contributed by atoms with Crippen LogP contribution in [0.25, 0.3) is 0 Å². The number of hydrogen-bond acceptors (Lipinski definition) is 1. The summed E-state index contributed by atoms with van der Waals surface area (Å²) in [7, 11) is 2.08. The summed E-state index contributed by atoms with van der Waals surface area (Å²) in [5, 5.41) is 3.60. The Morgan fingerprint density at radius 1 is 1.24 bits per heavy atom. The second-order valence-corrected chi connectivity index (χ2v) is 5.61. The van der Waals surface area contributed by atoms with Crippen molar-refractivity contribution in [3.63, 3.8) is 0 Å². The second-order valence-electron chi connectivity index (χ2n) is 5.61. The van der Waals surface area contributed by atoms with Crippen LogP contribution in [-0.2, 0) is 13.6 Å². The molecule has 0 aliphatic heterocycles. The quantitative estimate of drug-likeness (QED) is 0.827. The van der Waals surface area contributed by atoms with Crippen molar-refractivity contribution in [2.75, 3.05) is 6.54 Å². The number of rotatable bonds is 5. The maximum Gasteiger partial charge on any atom is 0.0220 e. The normalized spacial score (nSPS) is 25.1. The van der Waals surface area contributed by atoms with E-state index >= 15 is 0 Å². The van der Waals surface area contributed by atoms with Gasteiger partial charge in [0.2, 0.25) is 0 Å². The van der Waals surface area contributed by atoms with Crippen molar-refractivity contribution in [1.29, 1.82) is 0 Å². The van der Waals surface area contributed by atoms with Gasteiger partial charge in [0.15, 0.2) is 0 Å². The third-order valence-electron chi connectivity index (χ3n) is 4.20. The lowest BCUT2D eigenvalue weighted by atomic mass is 9.81. The second kappa shape index (κ2) is 6.25. The van der Waals surface area contributed by atoms with Crippen molar-refractivity contribution in [3.05, 3.63) is 24.0 Å². The topological polar surface area (TPSA) is 17.0 Å². The summed E-state index contributed by atoms with van der Waals surface area (Å²) in [4.78, 5) is 0. The molecular weight excluding hydrogens is 208 g/mol. The highest BCUT2D eigenvalue weighted by Gasteiger charge is 2.19. The van der Waals surface area contributed by atoms with Gasteiger partial charge in [-0.05, 0) is 42.9 Å². The summed E-state index contributed by atoms with van der Waals surface area (Å²) in [5.74, 6) is 1.93. The summed E-state index contributed by atoms with van der Waals surface area (Å²) >= 11 is 0. The molecule has 0 amide bonds. The van der Waals surface area contributed by atoms with Gasteiger partial charge in [0.25, 0.3) is 0 Å². The largest absolute Gasteiger partial charge is 0.357 e. The molecule has 1 N–H and O–H groups in total. The maximum absolute atomic E-state index is 3.60. The van der Waals surface area contributed by atoms with Crippen molar-refractivity contribution in [3.8, 4) is 0 Å². The molecule has 17 heavy (non-hydrogen) atoms. The zero-order chi connectivity index (χ0) is 12.1. The first kappa shape index (κ1) is 12.7. The molecule has 0 spiro atoms. The minimum atomic E-state index is 0.918. The standard InChI is InChI=1S/C15H26N2/c1-3-13-4-6-14(7-5-13)10-16-11-15-8-9-17(2)12-15/h8-9,12-14,16H,3-7,10-11H2,1-2H3. The maximum atomic E-state index is 3.60. The molecule has 0 aromatic carbocycles. The highest BCUT2D eigenvalue weighted by atomic mass is 14.9. The predicted molar refractivity (Wildman–Crippen MR) is 72.9 cm³/mol. The lowest BCUT2D eigenvalue weighted by Crippen LogP contribution is -2.26. The van der Waals surface area contributed by atoms with Crippen molar-refractivity contribution in [2.24, 2.45) is 18.9 Å².